The van der Waals surface area contributed by atoms with Gasteiger partial charge in [0.2, 0.25) is 0 Å². The average Bonchev–Trinajstić information content (AvgIpc) is 2.53. The third-order valence-electron chi connectivity index (χ3n) is 4.09. The van der Waals surface area contributed by atoms with E-state index < -0.39 is 5.60 Å². The van der Waals surface area contributed by atoms with Crippen molar-refractivity contribution in [3.8, 4) is 0 Å². The van der Waals surface area contributed by atoms with Crippen LogP contribution in [-0.2, 0) is 12.1 Å². The summed E-state index contributed by atoms with van der Waals surface area (Å²) in [5.74, 6) is 0. The molecule has 0 radical (unpaired) electrons. The summed E-state index contributed by atoms with van der Waals surface area (Å²) in [6.07, 6.45) is 2.82. The molecule has 0 amide bonds. The second-order valence-corrected chi connectivity index (χ2v) is 6.22. The van der Waals surface area contributed by atoms with Gasteiger partial charge >= 0.3 is 0 Å². The van der Waals surface area contributed by atoms with Crippen molar-refractivity contribution < 1.29 is 5.11 Å². The molecule has 0 aliphatic heterocycles. The van der Waals surface area contributed by atoms with E-state index in [4.69, 9.17) is 0 Å². The summed E-state index contributed by atoms with van der Waals surface area (Å²) >= 11 is 0. The number of benzene rings is 2. The van der Waals surface area contributed by atoms with Crippen molar-refractivity contribution in [1.29, 1.82) is 0 Å². The molecule has 1 N–H and O–H groups in total. The van der Waals surface area contributed by atoms with Crippen LogP contribution in [-0.4, -0.2) is 24.1 Å². The van der Waals surface area contributed by atoms with Gasteiger partial charge in [0.05, 0.1) is 0 Å². The summed E-state index contributed by atoms with van der Waals surface area (Å²) in [6, 6.07) is 18.3. The normalized spacial score (nSPS) is 14.0. The van der Waals surface area contributed by atoms with E-state index in [1.165, 1.54) is 5.56 Å². The summed E-state index contributed by atoms with van der Waals surface area (Å²) in [4.78, 5) is 2.14. The maximum absolute atomic E-state index is 11.6. The van der Waals surface area contributed by atoms with Gasteiger partial charge in [-0.1, -0.05) is 74.4 Å². The molecule has 118 valence electrons. The third-order valence-corrected chi connectivity index (χ3v) is 4.09. The van der Waals surface area contributed by atoms with E-state index in [-0.39, 0.29) is 0 Å². The van der Waals surface area contributed by atoms with Gasteiger partial charge in [0.25, 0.3) is 0 Å². The molecule has 0 fully saturated rings. The zero-order chi connectivity index (χ0) is 16.0. The van der Waals surface area contributed by atoms with Crippen LogP contribution in [0, 0.1) is 0 Å². The lowest BCUT2D eigenvalue weighted by atomic mass is 9.80. The van der Waals surface area contributed by atoms with Gasteiger partial charge in [-0.05, 0) is 37.2 Å². The molecule has 1 atom stereocenters. The minimum atomic E-state index is -0.913. The minimum absolute atomic E-state index is 0.748. The van der Waals surface area contributed by atoms with Gasteiger partial charge in [0, 0.05) is 6.54 Å². The van der Waals surface area contributed by atoms with E-state index >= 15 is 0 Å². The van der Waals surface area contributed by atoms with Gasteiger partial charge in [-0.15, -0.1) is 0 Å². The van der Waals surface area contributed by atoms with Crippen LogP contribution in [0.2, 0.25) is 0 Å². The molecule has 0 saturated heterocycles. The van der Waals surface area contributed by atoms with Gasteiger partial charge in [-0.25, -0.2) is 0 Å². The first-order valence-corrected chi connectivity index (χ1v) is 8.09. The lowest BCUT2D eigenvalue weighted by molar-refractivity contribution is 0.0670. The first-order chi connectivity index (χ1) is 10.6. The minimum Gasteiger partial charge on any atom is -0.380 e. The Bertz CT molecular complexity index is 579. The summed E-state index contributed by atoms with van der Waals surface area (Å²) in [5, 5.41) is 11.6. The zero-order valence-corrected chi connectivity index (χ0v) is 13.9. The predicted octanol–water partition coefficient (Wildman–Crippen LogP) is 4.17. The molecular formula is C20H27NO. The number of rotatable bonds is 7. The van der Waals surface area contributed by atoms with Crippen LogP contribution in [0.3, 0.4) is 0 Å². The molecule has 2 rings (SSSR count). The average molecular weight is 297 g/mol. The molecule has 0 aliphatic rings. The highest BCUT2D eigenvalue weighted by atomic mass is 16.3. The maximum Gasteiger partial charge on any atom is 0.115 e. The van der Waals surface area contributed by atoms with Gasteiger partial charge in [0.1, 0.15) is 5.60 Å². The SMILES string of the molecule is CCCCC(O)(c1ccccc1)c1ccccc1CN(C)C. The molecule has 1 unspecified atom stereocenters. The Morgan fingerprint density at radius 1 is 0.955 bits per heavy atom. The topological polar surface area (TPSA) is 23.5 Å². The van der Waals surface area contributed by atoms with Gasteiger partial charge < -0.3 is 10.0 Å². The second kappa shape index (κ2) is 7.57. The number of aliphatic hydroxyl groups is 1. The van der Waals surface area contributed by atoms with Crippen LogP contribution >= 0.6 is 0 Å². The van der Waals surface area contributed by atoms with E-state index in [1.807, 2.05) is 42.5 Å². The highest BCUT2D eigenvalue weighted by molar-refractivity contribution is 5.41. The smallest absolute Gasteiger partial charge is 0.115 e. The summed E-state index contributed by atoms with van der Waals surface area (Å²) in [6.45, 7) is 2.99. The van der Waals surface area contributed by atoms with Crippen molar-refractivity contribution in [2.75, 3.05) is 14.1 Å². The molecular weight excluding hydrogens is 270 g/mol. The molecule has 0 spiro atoms. The molecule has 0 saturated carbocycles. The molecule has 22 heavy (non-hydrogen) atoms. The standard InChI is InChI=1S/C20H27NO/c1-4-5-15-20(22,18-12-7-6-8-13-18)19-14-10-9-11-17(19)16-21(2)3/h6-14,22H,4-5,15-16H2,1-3H3. The third kappa shape index (κ3) is 3.76. The summed E-state index contributed by atoms with van der Waals surface area (Å²) < 4.78 is 0. The van der Waals surface area contributed by atoms with Crippen molar-refractivity contribution in [2.24, 2.45) is 0 Å². The number of hydrogen-bond donors (Lipinski definition) is 1. The van der Waals surface area contributed by atoms with Crippen LogP contribution < -0.4 is 0 Å². The van der Waals surface area contributed by atoms with Crippen LogP contribution in [0.4, 0.5) is 0 Å². The first kappa shape index (κ1) is 16.7. The van der Waals surface area contributed by atoms with Crippen LogP contribution in [0.15, 0.2) is 54.6 Å². The van der Waals surface area contributed by atoms with Crippen LogP contribution in [0.5, 0.6) is 0 Å². The highest BCUT2D eigenvalue weighted by Crippen LogP contribution is 2.36. The number of hydrogen-bond acceptors (Lipinski definition) is 2. The summed E-state index contributed by atoms with van der Waals surface area (Å²) in [5.41, 5.74) is 2.29. The Balaban J connectivity index is 2.50. The van der Waals surface area contributed by atoms with Gasteiger partial charge in [-0.3, -0.25) is 0 Å². The molecule has 2 aromatic carbocycles. The van der Waals surface area contributed by atoms with Crippen molar-refractivity contribution in [1.82, 2.24) is 4.90 Å². The fourth-order valence-electron chi connectivity index (χ4n) is 2.98. The quantitative estimate of drug-likeness (QED) is 0.829. The largest absolute Gasteiger partial charge is 0.380 e. The van der Waals surface area contributed by atoms with Crippen LogP contribution in [0.25, 0.3) is 0 Å². The molecule has 0 aliphatic carbocycles. The molecule has 0 heterocycles. The van der Waals surface area contributed by atoms with E-state index in [0.29, 0.717) is 0 Å². The summed E-state index contributed by atoms with van der Waals surface area (Å²) in [7, 11) is 4.12. The molecule has 0 aromatic heterocycles. The first-order valence-electron chi connectivity index (χ1n) is 8.09. The zero-order valence-electron chi connectivity index (χ0n) is 13.9. The lowest BCUT2D eigenvalue weighted by Crippen LogP contribution is -2.29. The lowest BCUT2D eigenvalue weighted by Gasteiger charge is -2.32. The van der Waals surface area contributed by atoms with Gasteiger partial charge in [-0.2, -0.15) is 0 Å². The highest BCUT2D eigenvalue weighted by Gasteiger charge is 2.32. The van der Waals surface area contributed by atoms with Crippen molar-refractivity contribution in [2.45, 2.75) is 38.3 Å². The Hall–Kier alpha value is -1.64. The van der Waals surface area contributed by atoms with Crippen molar-refractivity contribution in [3.63, 3.8) is 0 Å². The monoisotopic (exact) mass is 297 g/mol. The molecule has 0 bridgehead atoms. The van der Waals surface area contributed by atoms with E-state index in [9.17, 15) is 5.11 Å². The van der Waals surface area contributed by atoms with Gasteiger partial charge in [0.15, 0.2) is 0 Å². The Morgan fingerprint density at radius 3 is 2.23 bits per heavy atom. The number of nitrogens with zero attached hydrogens (tertiary/aromatic N) is 1. The molecule has 2 heteroatoms. The van der Waals surface area contributed by atoms with E-state index in [2.05, 4.69) is 38.1 Å². The second-order valence-electron chi connectivity index (χ2n) is 6.22. The Labute approximate surface area is 134 Å². The van der Waals surface area contributed by atoms with E-state index in [1.54, 1.807) is 0 Å². The Morgan fingerprint density at radius 2 is 1.59 bits per heavy atom. The fourth-order valence-corrected chi connectivity index (χ4v) is 2.98. The number of unbranched alkanes of at least 4 members (excludes halogenated alkanes) is 1. The van der Waals surface area contributed by atoms with Crippen molar-refractivity contribution >= 4 is 0 Å². The molecule has 2 aromatic rings. The molecule has 2 nitrogen and oxygen atoms in total. The van der Waals surface area contributed by atoms with E-state index in [0.717, 1.165) is 36.9 Å². The fraction of sp³-hybridized carbons (Fsp3) is 0.400. The van der Waals surface area contributed by atoms with Crippen LogP contribution in [0.1, 0.15) is 42.9 Å². The maximum atomic E-state index is 11.6. The Kier molecular flexibility index (Phi) is 5.76. The van der Waals surface area contributed by atoms with Crippen molar-refractivity contribution in [3.05, 3.63) is 71.3 Å². The predicted molar refractivity (Wildman–Crippen MR) is 92.8 cm³/mol.